The molecule has 4 aromatic heterocycles. The van der Waals surface area contributed by atoms with E-state index in [0.717, 1.165) is 0 Å². The maximum absolute atomic E-state index is 11.5. The van der Waals surface area contributed by atoms with E-state index in [9.17, 15) is 30.0 Å². The first-order valence-corrected chi connectivity index (χ1v) is 20.7. The van der Waals surface area contributed by atoms with Gasteiger partial charge in [-0.15, -0.1) is 0 Å². The standard InChI is InChI=1S/2C10H12N4O5.4H3O4P/c2*15-1-4-6(16)7(17)10(19-4)14-3-13-5-8(14)11-2-12-9(5)18;4*1-5(2,3)4/h2*2-4,6-7,10,15-17H,1H2,(H,11,12,18);4*(H3,1,2,3,4)/t2*4-,6-,7-,10-;;;;/m11..../s1. The average molecular weight is 928 g/mol. The zero-order chi connectivity index (χ0) is 45.1. The van der Waals surface area contributed by atoms with Crippen LogP contribution in [-0.4, -0.2) is 178 Å². The van der Waals surface area contributed by atoms with Crippen LogP contribution in [0.25, 0.3) is 22.3 Å². The van der Waals surface area contributed by atoms with Crippen molar-refractivity contribution >= 4 is 53.6 Å². The van der Waals surface area contributed by atoms with Gasteiger partial charge in [-0.3, -0.25) is 18.7 Å². The average Bonchev–Trinajstić information content (AvgIpc) is 3.80. The van der Waals surface area contributed by atoms with E-state index in [1.54, 1.807) is 0 Å². The van der Waals surface area contributed by atoms with E-state index in [1.807, 2.05) is 0 Å². The summed E-state index contributed by atoms with van der Waals surface area (Å²) >= 11 is 0. The number of fused-ring (bicyclic) bond motifs is 2. The van der Waals surface area contributed by atoms with Crippen LogP contribution in [0.1, 0.15) is 12.5 Å². The van der Waals surface area contributed by atoms with Gasteiger partial charge in [-0.2, -0.15) is 0 Å². The highest BCUT2D eigenvalue weighted by Gasteiger charge is 2.45. The molecule has 4 aromatic rings. The number of aliphatic hydroxyl groups is 6. The predicted molar refractivity (Wildman–Crippen MR) is 179 cm³/mol. The Morgan fingerprint density at radius 3 is 1.00 bits per heavy atom. The third kappa shape index (κ3) is 18.8. The third-order valence-corrected chi connectivity index (χ3v) is 6.31. The number of nitrogens with one attached hydrogen (secondary N) is 2. The van der Waals surface area contributed by atoms with Gasteiger partial charge in [0.2, 0.25) is 0 Å². The topological polar surface area (TPSA) is 578 Å². The third-order valence-electron chi connectivity index (χ3n) is 6.31. The van der Waals surface area contributed by atoms with Crippen molar-refractivity contribution in [3.8, 4) is 0 Å². The van der Waals surface area contributed by atoms with Gasteiger partial charge in [0.15, 0.2) is 34.8 Å². The molecule has 20 N–H and O–H groups in total. The number of rotatable bonds is 4. The van der Waals surface area contributed by atoms with Crippen molar-refractivity contribution in [1.29, 1.82) is 0 Å². The van der Waals surface area contributed by atoms with E-state index in [1.165, 1.54) is 34.4 Å². The minimum Gasteiger partial charge on any atom is -0.394 e. The van der Waals surface area contributed by atoms with Crippen LogP contribution >= 0.6 is 31.3 Å². The molecule has 0 unspecified atom stereocenters. The number of hydrogen-bond acceptors (Lipinski definition) is 18. The Morgan fingerprint density at radius 2 is 0.776 bits per heavy atom. The number of imidazole rings is 2. The summed E-state index contributed by atoms with van der Waals surface area (Å²) in [5.41, 5.74) is -0.122. The summed E-state index contributed by atoms with van der Waals surface area (Å²) in [6.45, 7) is -0.843. The van der Waals surface area contributed by atoms with Crippen LogP contribution in [0.15, 0.2) is 34.9 Å². The molecule has 0 radical (unpaired) electrons. The number of phosphoric acid groups is 4. The Bertz CT molecular complexity index is 1980. The lowest BCUT2D eigenvalue weighted by Crippen LogP contribution is -2.33. The lowest BCUT2D eigenvalue weighted by atomic mass is 10.1. The highest BCUT2D eigenvalue weighted by Crippen LogP contribution is 2.32. The molecule has 0 aliphatic carbocycles. The number of hydrogen-bond donors (Lipinski definition) is 20. The number of ether oxygens (including phenoxy) is 2. The molecular weight excluding hydrogens is 892 g/mol. The van der Waals surface area contributed by atoms with Gasteiger partial charge < -0.3 is 109 Å². The van der Waals surface area contributed by atoms with Gasteiger partial charge in [-0.05, 0) is 0 Å². The molecule has 58 heavy (non-hydrogen) atoms. The van der Waals surface area contributed by atoms with E-state index in [2.05, 4.69) is 29.9 Å². The largest absolute Gasteiger partial charge is 0.466 e. The van der Waals surface area contributed by atoms with Crippen LogP contribution in [0.5, 0.6) is 0 Å². The van der Waals surface area contributed by atoms with Crippen molar-refractivity contribution < 1.29 is 117 Å². The quantitative estimate of drug-likeness (QED) is 0.0845. The summed E-state index contributed by atoms with van der Waals surface area (Å²) in [6, 6.07) is 0. The molecule has 8 atom stereocenters. The van der Waals surface area contributed by atoms with Crippen LogP contribution in [0.3, 0.4) is 0 Å². The molecule has 0 aromatic carbocycles. The molecule has 6 rings (SSSR count). The van der Waals surface area contributed by atoms with Gasteiger partial charge in [0.25, 0.3) is 11.1 Å². The number of aromatic nitrogens is 8. The minimum atomic E-state index is -4.64. The maximum Gasteiger partial charge on any atom is 0.466 e. The fraction of sp³-hybridized carbons (Fsp3) is 0.500. The van der Waals surface area contributed by atoms with Crippen molar-refractivity contribution in [2.45, 2.75) is 49.1 Å². The van der Waals surface area contributed by atoms with Crippen LogP contribution in [0, 0.1) is 0 Å². The lowest BCUT2D eigenvalue weighted by molar-refractivity contribution is -0.0511. The molecule has 2 aliphatic rings. The van der Waals surface area contributed by atoms with Crippen molar-refractivity contribution in [2.24, 2.45) is 0 Å². The SMILES string of the molecule is O=P(O)(O)O.O=P(O)(O)O.O=P(O)(O)O.O=P(O)(O)O.O=c1[nH]cnc2c1ncn2[C@@H]1O[C@H](CO)[C@@H](O)[C@H]1O.O=c1[nH]cnc2c1ncn2[C@@H]1O[C@H](CO)[C@@H](O)[C@H]1O. The highest BCUT2D eigenvalue weighted by atomic mass is 31.2. The molecule has 0 amide bonds. The Balaban J connectivity index is 0.000000400. The molecule has 0 bridgehead atoms. The van der Waals surface area contributed by atoms with Crippen molar-refractivity contribution in [3.63, 3.8) is 0 Å². The molecule has 2 fully saturated rings. The van der Waals surface area contributed by atoms with Crippen molar-refractivity contribution in [3.05, 3.63) is 46.0 Å². The summed E-state index contributed by atoms with van der Waals surface area (Å²) in [7, 11) is -18.6. The molecule has 34 nitrogen and oxygen atoms in total. The number of nitrogens with zero attached hydrogens (tertiary/aromatic N) is 6. The van der Waals surface area contributed by atoms with Gasteiger partial charge in [0, 0.05) is 0 Å². The Hall–Kier alpha value is -3.18. The summed E-state index contributed by atoms with van der Waals surface area (Å²) in [6.07, 6.45) is -3.57. The summed E-state index contributed by atoms with van der Waals surface area (Å²) in [5.74, 6) is 0. The lowest BCUT2D eigenvalue weighted by Gasteiger charge is -2.16. The fourth-order valence-corrected chi connectivity index (χ4v) is 4.32. The second kappa shape index (κ2) is 21.9. The second-order valence-electron chi connectivity index (χ2n) is 10.6. The van der Waals surface area contributed by atoms with Crippen molar-refractivity contribution in [1.82, 2.24) is 39.0 Å². The zero-order valence-electron chi connectivity index (χ0n) is 28.1. The first-order valence-electron chi connectivity index (χ1n) is 14.4. The maximum atomic E-state index is 11.5. The van der Waals surface area contributed by atoms with Gasteiger partial charge in [-0.1, -0.05) is 0 Å². The molecule has 0 spiro atoms. The molecule has 332 valence electrons. The van der Waals surface area contributed by atoms with Crippen LogP contribution in [0.4, 0.5) is 0 Å². The monoisotopic (exact) mass is 928 g/mol. The smallest absolute Gasteiger partial charge is 0.394 e. The molecule has 2 saturated heterocycles. The molecule has 38 heteroatoms. The number of H-pyrrole nitrogens is 2. The Kier molecular flexibility index (Phi) is 19.9. The molecule has 0 saturated carbocycles. The van der Waals surface area contributed by atoms with Crippen LogP contribution < -0.4 is 11.1 Å². The predicted octanol–water partition coefficient (Wildman–Crippen LogP) is -8.25. The Morgan fingerprint density at radius 1 is 0.517 bits per heavy atom. The van der Waals surface area contributed by atoms with E-state index in [0.29, 0.717) is 0 Å². The summed E-state index contributed by atoms with van der Waals surface area (Å²) < 4.78 is 48.9. The van der Waals surface area contributed by atoms with E-state index in [4.69, 9.17) is 96.7 Å². The van der Waals surface area contributed by atoms with Gasteiger partial charge in [0.05, 0.1) is 38.5 Å². The van der Waals surface area contributed by atoms with E-state index >= 15 is 0 Å². The highest BCUT2D eigenvalue weighted by molar-refractivity contribution is 7.45. The van der Waals surface area contributed by atoms with Gasteiger partial charge >= 0.3 is 31.3 Å². The normalized spacial score (nSPS) is 24.4. The number of aromatic amines is 2. The summed E-state index contributed by atoms with van der Waals surface area (Å²) in [4.78, 5) is 130. The number of aliphatic hydroxyl groups excluding tert-OH is 6. The zero-order valence-corrected chi connectivity index (χ0v) is 31.7. The minimum absolute atomic E-state index is 0.111. The first-order chi connectivity index (χ1) is 26.3. The van der Waals surface area contributed by atoms with Gasteiger partial charge in [0.1, 0.15) is 36.6 Å². The second-order valence-corrected chi connectivity index (χ2v) is 14.7. The molecular formula is C20H36N8O26P4. The Labute approximate surface area is 318 Å². The van der Waals surface area contributed by atoms with Gasteiger partial charge in [-0.25, -0.2) is 38.2 Å². The van der Waals surface area contributed by atoms with Crippen LogP contribution in [-0.2, 0) is 27.7 Å². The van der Waals surface area contributed by atoms with Crippen LogP contribution in [0.2, 0.25) is 0 Å². The van der Waals surface area contributed by atoms with Crippen molar-refractivity contribution in [2.75, 3.05) is 13.2 Å². The summed E-state index contributed by atoms with van der Waals surface area (Å²) in [5, 5.41) is 57.3. The molecule has 6 heterocycles. The van der Waals surface area contributed by atoms with E-state index < -0.39 is 105 Å². The fourth-order valence-electron chi connectivity index (χ4n) is 4.32. The van der Waals surface area contributed by atoms with E-state index in [-0.39, 0.29) is 22.3 Å². The molecule has 2 aliphatic heterocycles. The first kappa shape index (κ1) is 52.8.